The summed E-state index contributed by atoms with van der Waals surface area (Å²) in [5.74, 6) is 1.90. The fraction of sp³-hybridized carbons (Fsp3) is 0.0317. The molecule has 0 N–H and O–H groups in total. The predicted octanol–water partition coefficient (Wildman–Crippen LogP) is 16.5. The van der Waals surface area contributed by atoms with Gasteiger partial charge in [0, 0.05) is 44.3 Å². The van der Waals surface area contributed by atoms with Gasteiger partial charge in [-0.05, 0) is 64.1 Å². The van der Waals surface area contributed by atoms with Gasteiger partial charge in [-0.2, -0.15) is 0 Å². The zero-order chi connectivity index (χ0) is 45.0. The van der Waals surface area contributed by atoms with Crippen molar-refractivity contribution in [3.63, 3.8) is 0 Å². The molecule has 9 aromatic carbocycles. The van der Waals surface area contributed by atoms with Crippen LogP contribution in [0.1, 0.15) is 17.9 Å². The van der Waals surface area contributed by atoms with Crippen LogP contribution in [0.2, 0.25) is 0 Å². The van der Waals surface area contributed by atoms with Crippen molar-refractivity contribution in [3.05, 3.63) is 242 Å². The van der Waals surface area contributed by atoms with Gasteiger partial charge in [-0.15, -0.1) is 0 Å². The van der Waals surface area contributed by atoms with E-state index in [0.29, 0.717) is 17.5 Å². The standard InChI is InChI=1S/C63H42N4O/c1-7-23-41(24-8-1)53-54(42-25-9-2-10-26-42)56(44-29-13-4-14-30-44)60-59(55(53)43-27-11-3-12-28-43)58-48(63-65-61(45-31-15-5-16-32-45)64-62(66-63)46-33-17-6-18-34-46)36-21-37-50(58)67(60)49-38-22-40-52-57(49)47-35-19-20-39-51(47)68-52/h1-23,25-41H,24H2. The number of furan rings is 1. The summed E-state index contributed by atoms with van der Waals surface area (Å²) >= 11 is 0. The van der Waals surface area contributed by atoms with Crippen LogP contribution < -0.4 is 0 Å². The average Bonchev–Trinajstić information content (AvgIpc) is 3.98. The summed E-state index contributed by atoms with van der Waals surface area (Å²) in [7, 11) is 0. The Bertz CT molecular complexity index is 3850. The minimum Gasteiger partial charge on any atom is -0.456 e. The molecule has 0 radical (unpaired) electrons. The maximum atomic E-state index is 6.66. The largest absolute Gasteiger partial charge is 0.456 e. The number of hydrogen-bond acceptors (Lipinski definition) is 4. The van der Waals surface area contributed by atoms with E-state index < -0.39 is 0 Å². The van der Waals surface area contributed by atoms with Crippen LogP contribution in [-0.4, -0.2) is 19.5 Å². The summed E-state index contributed by atoms with van der Waals surface area (Å²) in [5, 5.41) is 4.30. The Morgan fingerprint density at radius 3 is 1.56 bits per heavy atom. The van der Waals surface area contributed by atoms with Crippen molar-refractivity contribution < 1.29 is 4.42 Å². The third kappa shape index (κ3) is 6.51. The fourth-order valence-corrected chi connectivity index (χ4v) is 10.5. The predicted molar refractivity (Wildman–Crippen MR) is 280 cm³/mol. The molecule has 68 heavy (non-hydrogen) atoms. The fourth-order valence-electron chi connectivity index (χ4n) is 10.5. The average molecular weight is 871 g/mol. The van der Waals surface area contributed by atoms with E-state index in [-0.39, 0.29) is 5.92 Å². The maximum Gasteiger partial charge on any atom is 0.164 e. The number of benzene rings is 9. The number of rotatable bonds is 8. The molecule has 1 aliphatic carbocycles. The Hall–Kier alpha value is -8.93. The molecule has 0 amide bonds. The molecule has 5 heteroatoms. The molecule has 1 atom stereocenters. The van der Waals surface area contributed by atoms with Gasteiger partial charge < -0.3 is 8.98 Å². The molecule has 12 aromatic rings. The zero-order valence-electron chi connectivity index (χ0n) is 37.0. The van der Waals surface area contributed by atoms with Gasteiger partial charge in [-0.25, -0.2) is 15.0 Å². The van der Waals surface area contributed by atoms with Crippen molar-refractivity contribution in [2.45, 2.75) is 12.3 Å². The Morgan fingerprint density at radius 1 is 0.412 bits per heavy atom. The third-order valence-electron chi connectivity index (χ3n) is 13.4. The third-order valence-corrected chi connectivity index (χ3v) is 13.4. The van der Waals surface area contributed by atoms with Gasteiger partial charge in [0.1, 0.15) is 11.2 Å². The van der Waals surface area contributed by atoms with Crippen LogP contribution in [0, 0.1) is 0 Å². The van der Waals surface area contributed by atoms with E-state index in [2.05, 4.69) is 199 Å². The molecule has 0 fully saturated rings. The Balaban J connectivity index is 1.30. The monoisotopic (exact) mass is 870 g/mol. The molecule has 0 saturated heterocycles. The van der Waals surface area contributed by atoms with Gasteiger partial charge >= 0.3 is 0 Å². The van der Waals surface area contributed by atoms with Crippen molar-refractivity contribution in [1.82, 2.24) is 19.5 Å². The van der Waals surface area contributed by atoms with E-state index in [1.54, 1.807) is 0 Å². The first kappa shape index (κ1) is 39.4. The molecule has 13 rings (SSSR count). The lowest BCUT2D eigenvalue weighted by Gasteiger charge is -2.28. The van der Waals surface area contributed by atoms with Crippen molar-refractivity contribution in [3.8, 4) is 73.2 Å². The number of allylic oxidation sites excluding steroid dienone is 4. The summed E-state index contributed by atoms with van der Waals surface area (Å²) in [4.78, 5) is 16.0. The Kier molecular flexibility index (Phi) is 9.57. The van der Waals surface area contributed by atoms with Crippen LogP contribution >= 0.6 is 0 Å². The summed E-state index contributed by atoms with van der Waals surface area (Å²) in [6.45, 7) is 0. The van der Waals surface area contributed by atoms with Crippen LogP contribution in [0.15, 0.2) is 241 Å². The van der Waals surface area contributed by atoms with Crippen molar-refractivity contribution in [2.75, 3.05) is 0 Å². The normalized spacial score (nSPS) is 13.6. The SMILES string of the molecule is C1=CCC(c2c(-c3ccccc3)c(-c3ccccc3)c3c(c2-c2ccccc2)c2c(-c4nc(-c5ccccc5)nc(-c5ccccc5)n4)cccc2n3-c2cccc3oc4ccccc4c23)C=C1. The van der Waals surface area contributed by atoms with Gasteiger partial charge in [0.05, 0.1) is 22.1 Å². The van der Waals surface area contributed by atoms with E-state index in [1.807, 2.05) is 42.5 Å². The Morgan fingerprint density at radius 2 is 0.941 bits per heavy atom. The summed E-state index contributed by atoms with van der Waals surface area (Å²) in [6.07, 6.45) is 9.94. The van der Waals surface area contributed by atoms with E-state index in [1.165, 1.54) is 16.7 Å². The minimum atomic E-state index is 0.0654. The summed E-state index contributed by atoms with van der Waals surface area (Å²) < 4.78 is 9.18. The van der Waals surface area contributed by atoms with Gasteiger partial charge in [0.2, 0.25) is 0 Å². The molecule has 5 nitrogen and oxygen atoms in total. The minimum absolute atomic E-state index is 0.0654. The summed E-state index contributed by atoms with van der Waals surface area (Å²) in [6, 6.07) is 74.9. The lowest BCUT2D eigenvalue weighted by atomic mass is 9.76. The molecule has 1 unspecified atom stereocenters. The number of hydrogen-bond donors (Lipinski definition) is 0. The molecule has 320 valence electrons. The second-order valence-electron chi connectivity index (χ2n) is 17.3. The molecular formula is C63H42N4O. The molecule has 0 saturated carbocycles. The first-order valence-corrected chi connectivity index (χ1v) is 23.2. The van der Waals surface area contributed by atoms with E-state index in [0.717, 1.165) is 94.8 Å². The van der Waals surface area contributed by atoms with Crippen LogP contribution in [0.5, 0.6) is 0 Å². The molecular weight excluding hydrogens is 829 g/mol. The van der Waals surface area contributed by atoms with E-state index >= 15 is 0 Å². The smallest absolute Gasteiger partial charge is 0.164 e. The summed E-state index contributed by atoms with van der Waals surface area (Å²) in [5.41, 5.74) is 15.8. The topological polar surface area (TPSA) is 56.7 Å². The van der Waals surface area contributed by atoms with Gasteiger partial charge in [0.25, 0.3) is 0 Å². The molecule has 1 aliphatic rings. The molecule has 3 heterocycles. The molecule has 0 spiro atoms. The second kappa shape index (κ2) is 16.5. The van der Waals surface area contributed by atoms with E-state index in [9.17, 15) is 0 Å². The van der Waals surface area contributed by atoms with Gasteiger partial charge in [0.15, 0.2) is 17.5 Å². The highest BCUT2D eigenvalue weighted by atomic mass is 16.3. The van der Waals surface area contributed by atoms with E-state index in [4.69, 9.17) is 19.4 Å². The van der Waals surface area contributed by atoms with Crippen LogP contribution in [0.4, 0.5) is 0 Å². The van der Waals surface area contributed by atoms with Crippen molar-refractivity contribution >= 4 is 43.7 Å². The first-order chi connectivity index (χ1) is 33.8. The lowest BCUT2D eigenvalue weighted by molar-refractivity contribution is 0.669. The van der Waals surface area contributed by atoms with Crippen LogP contribution in [-0.2, 0) is 0 Å². The maximum absolute atomic E-state index is 6.66. The highest BCUT2D eigenvalue weighted by molar-refractivity contribution is 6.27. The highest BCUT2D eigenvalue weighted by Crippen LogP contribution is 2.55. The van der Waals surface area contributed by atoms with Crippen molar-refractivity contribution in [2.24, 2.45) is 0 Å². The number of para-hydroxylation sites is 1. The number of fused-ring (bicyclic) bond motifs is 6. The quantitative estimate of drug-likeness (QED) is 0.153. The lowest BCUT2D eigenvalue weighted by Crippen LogP contribution is -2.07. The van der Waals surface area contributed by atoms with Gasteiger partial charge in [-0.3, -0.25) is 0 Å². The number of nitrogens with zero attached hydrogens (tertiary/aromatic N) is 4. The molecule has 0 bridgehead atoms. The van der Waals surface area contributed by atoms with Crippen LogP contribution in [0.3, 0.4) is 0 Å². The number of aromatic nitrogens is 4. The second-order valence-corrected chi connectivity index (χ2v) is 17.3. The highest BCUT2D eigenvalue weighted by Gasteiger charge is 2.33. The Labute approximate surface area is 393 Å². The molecule has 0 aliphatic heterocycles. The zero-order valence-corrected chi connectivity index (χ0v) is 37.0. The first-order valence-electron chi connectivity index (χ1n) is 23.2. The van der Waals surface area contributed by atoms with Crippen molar-refractivity contribution in [1.29, 1.82) is 0 Å². The van der Waals surface area contributed by atoms with Crippen LogP contribution in [0.25, 0.3) is 117 Å². The molecule has 3 aromatic heterocycles. The van der Waals surface area contributed by atoms with Gasteiger partial charge in [-0.1, -0.05) is 212 Å².